The molecule has 3 rings (SSSR count). The third-order valence-corrected chi connectivity index (χ3v) is 7.37. The zero-order chi connectivity index (χ0) is 21.0. The molecule has 1 aliphatic rings. The van der Waals surface area contributed by atoms with Crippen LogP contribution in [0.15, 0.2) is 47.4 Å². The van der Waals surface area contributed by atoms with Crippen molar-refractivity contribution in [3.8, 4) is 0 Å². The van der Waals surface area contributed by atoms with Gasteiger partial charge in [0, 0.05) is 18.0 Å². The summed E-state index contributed by atoms with van der Waals surface area (Å²) in [6.07, 6.45) is 0.619. The summed E-state index contributed by atoms with van der Waals surface area (Å²) in [6.45, 7) is 10.2. The van der Waals surface area contributed by atoms with Gasteiger partial charge < -0.3 is 0 Å². The van der Waals surface area contributed by atoms with Crippen LogP contribution < -0.4 is 4.72 Å². The summed E-state index contributed by atoms with van der Waals surface area (Å²) < 4.78 is 55.9. The molecule has 2 aromatic carbocycles. The van der Waals surface area contributed by atoms with Gasteiger partial charge >= 0.3 is 0 Å². The van der Waals surface area contributed by atoms with Crippen LogP contribution in [0.2, 0.25) is 0 Å². The van der Waals surface area contributed by atoms with Crippen LogP contribution in [0, 0.1) is 17.0 Å². The first-order valence-corrected chi connectivity index (χ1v) is 10.8. The zero-order valence-corrected chi connectivity index (χ0v) is 17.8. The zero-order valence-electron chi connectivity index (χ0n) is 16.9. The van der Waals surface area contributed by atoms with Gasteiger partial charge in [0.1, 0.15) is 11.6 Å². The Morgan fingerprint density at radius 3 is 2.07 bits per heavy atom. The Morgan fingerprint density at radius 1 is 1.04 bits per heavy atom. The van der Waals surface area contributed by atoms with Crippen LogP contribution in [0.4, 0.5) is 8.78 Å². The molecule has 0 radical (unpaired) electrons. The molecule has 28 heavy (non-hydrogen) atoms. The van der Waals surface area contributed by atoms with Crippen LogP contribution in [-0.2, 0) is 20.9 Å². The average Bonchev–Trinajstić information content (AvgIpc) is 3.14. The van der Waals surface area contributed by atoms with Crippen LogP contribution in [-0.4, -0.2) is 15.0 Å². The van der Waals surface area contributed by atoms with Gasteiger partial charge in [-0.05, 0) is 46.6 Å². The standard InChI is InChI=1S/C22H27F2NO2S/c1-20(2,3)15-6-9-17(10-7-15)28(26,27)25-14-22(13-21(22,4)5)18-11-8-16(23)12-19(18)24/h6-12,25H,13-14H2,1-5H3. The van der Waals surface area contributed by atoms with Crippen molar-refractivity contribution in [1.82, 2.24) is 4.72 Å². The highest BCUT2D eigenvalue weighted by atomic mass is 32.2. The predicted molar refractivity (Wildman–Crippen MR) is 107 cm³/mol. The minimum absolute atomic E-state index is 0.0614. The lowest BCUT2D eigenvalue weighted by molar-refractivity contribution is 0.459. The van der Waals surface area contributed by atoms with E-state index in [-0.39, 0.29) is 22.3 Å². The number of halogens is 2. The Bertz CT molecular complexity index is 992. The molecule has 3 nitrogen and oxygen atoms in total. The van der Waals surface area contributed by atoms with E-state index in [1.54, 1.807) is 12.1 Å². The molecule has 0 amide bonds. The van der Waals surface area contributed by atoms with Crippen LogP contribution in [0.25, 0.3) is 0 Å². The topological polar surface area (TPSA) is 46.2 Å². The highest BCUT2D eigenvalue weighted by molar-refractivity contribution is 7.89. The van der Waals surface area contributed by atoms with Gasteiger partial charge in [0.05, 0.1) is 4.90 Å². The van der Waals surface area contributed by atoms with Crippen molar-refractivity contribution in [2.45, 2.75) is 56.8 Å². The summed E-state index contributed by atoms with van der Waals surface area (Å²) in [5, 5.41) is 0. The van der Waals surface area contributed by atoms with Crippen molar-refractivity contribution in [1.29, 1.82) is 0 Å². The lowest BCUT2D eigenvalue weighted by Gasteiger charge is -2.23. The molecule has 0 bridgehead atoms. The quantitative estimate of drug-likeness (QED) is 0.766. The Morgan fingerprint density at radius 2 is 1.61 bits per heavy atom. The van der Waals surface area contributed by atoms with E-state index in [4.69, 9.17) is 0 Å². The fourth-order valence-corrected chi connectivity index (χ4v) is 4.98. The van der Waals surface area contributed by atoms with E-state index < -0.39 is 27.1 Å². The molecule has 6 heteroatoms. The Labute approximate surface area is 166 Å². The summed E-state index contributed by atoms with van der Waals surface area (Å²) >= 11 is 0. The molecule has 152 valence electrons. The Balaban J connectivity index is 1.84. The predicted octanol–water partition coefficient (Wildman–Crippen LogP) is 4.91. The summed E-state index contributed by atoms with van der Waals surface area (Å²) in [5.41, 5.74) is 0.343. The lowest BCUT2D eigenvalue weighted by atomic mass is 9.87. The van der Waals surface area contributed by atoms with Gasteiger partial charge in [-0.1, -0.05) is 52.8 Å². The molecule has 0 saturated heterocycles. The lowest BCUT2D eigenvalue weighted by Crippen LogP contribution is -2.35. The van der Waals surface area contributed by atoms with Crippen LogP contribution in [0.3, 0.4) is 0 Å². The Hall–Kier alpha value is -1.79. The normalized spacial score (nSPS) is 21.5. The van der Waals surface area contributed by atoms with E-state index >= 15 is 0 Å². The van der Waals surface area contributed by atoms with E-state index in [2.05, 4.69) is 25.5 Å². The molecule has 1 unspecified atom stereocenters. The van der Waals surface area contributed by atoms with Crippen molar-refractivity contribution in [3.63, 3.8) is 0 Å². The maximum Gasteiger partial charge on any atom is 0.240 e. The van der Waals surface area contributed by atoms with Gasteiger partial charge in [-0.25, -0.2) is 21.9 Å². The van der Waals surface area contributed by atoms with Gasteiger partial charge in [-0.2, -0.15) is 0 Å². The summed E-state index contributed by atoms with van der Waals surface area (Å²) in [7, 11) is -3.74. The number of hydrogen-bond acceptors (Lipinski definition) is 2. The van der Waals surface area contributed by atoms with Crippen LogP contribution in [0.1, 0.15) is 52.2 Å². The van der Waals surface area contributed by atoms with Crippen molar-refractivity contribution in [2.75, 3.05) is 6.54 Å². The van der Waals surface area contributed by atoms with Crippen molar-refractivity contribution in [3.05, 3.63) is 65.2 Å². The molecule has 1 atom stereocenters. The van der Waals surface area contributed by atoms with E-state index in [1.165, 1.54) is 12.1 Å². The Kier molecular flexibility index (Phi) is 4.96. The first kappa shape index (κ1) is 20.9. The van der Waals surface area contributed by atoms with Gasteiger partial charge in [0.25, 0.3) is 0 Å². The molecule has 0 spiro atoms. The van der Waals surface area contributed by atoms with Gasteiger partial charge in [0.2, 0.25) is 10.0 Å². The van der Waals surface area contributed by atoms with Gasteiger partial charge in [-0.3, -0.25) is 0 Å². The third-order valence-electron chi connectivity index (χ3n) is 5.96. The smallest absolute Gasteiger partial charge is 0.210 e. The highest BCUT2D eigenvalue weighted by Gasteiger charge is 2.63. The van der Waals surface area contributed by atoms with Crippen molar-refractivity contribution >= 4 is 10.0 Å². The minimum atomic E-state index is -3.74. The first-order valence-electron chi connectivity index (χ1n) is 9.34. The summed E-state index contributed by atoms with van der Waals surface area (Å²) in [4.78, 5) is 0.175. The molecule has 2 aromatic rings. The molecular weight excluding hydrogens is 380 g/mol. The number of rotatable bonds is 5. The minimum Gasteiger partial charge on any atom is -0.210 e. The molecule has 1 saturated carbocycles. The molecule has 0 aromatic heterocycles. The van der Waals surface area contributed by atoms with E-state index in [1.807, 2.05) is 26.0 Å². The summed E-state index contributed by atoms with van der Waals surface area (Å²) in [6, 6.07) is 10.3. The maximum atomic E-state index is 14.4. The molecule has 1 aliphatic carbocycles. The van der Waals surface area contributed by atoms with Crippen LogP contribution in [0.5, 0.6) is 0 Å². The molecular formula is C22H27F2NO2S. The highest BCUT2D eigenvalue weighted by Crippen LogP contribution is 2.64. The number of sulfonamides is 1. The van der Waals surface area contributed by atoms with Crippen molar-refractivity contribution < 1.29 is 17.2 Å². The second-order valence-corrected chi connectivity index (χ2v) is 11.1. The average molecular weight is 408 g/mol. The molecule has 1 fully saturated rings. The number of nitrogens with one attached hydrogen (secondary N) is 1. The SMILES string of the molecule is CC(C)(C)c1ccc(S(=O)(=O)NCC2(c3ccc(F)cc3F)CC2(C)C)cc1. The fraction of sp³-hybridized carbons (Fsp3) is 0.455. The molecule has 0 heterocycles. The van der Waals surface area contributed by atoms with Gasteiger partial charge in [0.15, 0.2) is 0 Å². The second kappa shape index (κ2) is 6.63. The van der Waals surface area contributed by atoms with Gasteiger partial charge in [-0.15, -0.1) is 0 Å². The maximum absolute atomic E-state index is 14.4. The fourth-order valence-electron chi connectivity index (χ4n) is 3.88. The molecule has 1 N–H and O–H groups in total. The van der Waals surface area contributed by atoms with Crippen molar-refractivity contribution in [2.24, 2.45) is 5.41 Å². The molecule has 0 aliphatic heterocycles. The van der Waals surface area contributed by atoms with E-state index in [0.717, 1.165) is 11.6 Å². The number of hydrogen-bond donors (Lipinski definition) is 1. The van der Waals surface area contributed by atoms with E-state index in [9.17, 15) is 17.2 Å². The monoisotopic (exact) mass is 407 g/mol. The largest absolute Gasteiger partial charge is 0.240 e. The summed E-state index contributed by atoms with van der Waals surface area (Å²) in [5.74, 6) is -1.28. The number of benzene rings is 2. The second-order valence-electron chi connectivity index (χ2n) is 9.37. The third kappa shape index (κ3) is 3.72. The first-order chi connectivity index (χ1) is 12.8. The van der Waals surface area contributed by atoms with E-state index in [0.29, 0.717) is 12.0 Å². The van der Waals surface area contributed by atoms with Crippen LogP contribution >= 0.6 is 0 Å².